The van der Waals surface area contributed by atoms with E-state index in [0.29, 0.717) is 47.3 Å². The van der Waals surface area contributed by atoms with Crippen LogP contribution in [0, 0.1) is 0 Å². The van der Waals surface area contributed by atoms with E-state index in [1.165, 1.54) is 32.1 Å². The average molecular weight is 342 g/mol. The highest BCUT2D eigenvalue weighted by molar-refractivity contribution is 6.35. The van der Waals surface area contributed by atoms with E-state index in [1.54, 1.807) is 18.2 Å². The Balaban J connectivity index is 1.44. The fourth-order valence-electron chi connectivity index (χ4n) is 3.65. The van der Waals surface area contributed by atoms with E-state index in [9.17, 15) is 4.79 Å². The molecule has 1 amide bonds. The molecule has 2 fully saturated rings. The van der Waals surface area contributed by atoms with Crippen LogP contribution in [0.5, 0.6) is 5.75 Å². The molecule has 3 nitrogen and oxygen atoms in total. The molecule has 2 aliphatic rings. The van der Waals surface area contributed by atoms with E-state index in [1.807, 2.05) is 0 Å². The zero-order chi connectivity index (χ0) is 15.5. The molecule has 120 valence electrons. The van der Waals surface area contributed by atoms with Gasteiger partial charge in [0.2, 0.25) is 5.91 Å². The number of carbonyl (C=O) groups is 1. The highest BCUT2D eigenvalue weighted by Crippen LogP contribution is 2.36. The molecule has 0 radical (unpaired) electrons. The van der Waals surface area contributed by atoms with Crippen molar-refractivity contribution in [2.45, 2.75) is 57.0 Å². The van der Waals surface area contributed by atoms with Gasteiger partial charge in [0.25, 0.3) is 0 Å². The summed E-state index contributed by atoms with van der Waals surface area (Å²) in [6.45, 7) is 0.496. The summed E-state index contributed by atoms with van der Waals surface area (Å²) in [7, 11) is 0. The van der Waals surface area contributed by atoms with Gasteiger partial charge in [0, 0.05) is 23.5 Å². The predicted molar refractivity (Wildman–Crippen MR) is 88.7 cm³/mol. The van der Waals surface area contributed by atoms with Crippen LogP contribution in [0.1, 0.15) is 44.9 Å². The third kappa shape index (κ3) is 3.52. The average Bonchev–Trinajstić information content (AvgIpc) is 2.75. The van der Waals surface area contributed by atoms with Crippen molar-refractivity contribution in [3.05, 3.63) is 28.2 Å². The van der Waals surface area contributed by atoms with Gasteiger partial charge in [-0.1, -0.05) is 23.2 Å². The summed E-state index contributed by atoms with van der Waals surface area (Å²) < 4.78 is 5.64. The summed E-state index contributed by atoms with van der Waals surface area (Å²) in [5, 5.41) is 1.10. The van der Waals surface area contributed by atoms with Crippen LogP contribution in [0.25, 0.3) is 0 Å². The largest absolute Gasteiger partial charge is 0.492 e. The molecule has 0 N–H and O–H groups in total. The Bertz CT molecular complexity index is 533. The molecule has 2 heterocycles. The van der Waals surface area contributed by atoms with Crippen molar-refractivity contribution in [3.63, 3.8) is 0 Å². The lowest BCUT2D eigenvalue weighted by Crippen LogP contribution is -2.43. The second kappa shape index (κ2) is 7.10. The van der Waals surface area contributed by atoms with Gasteiger partial charge >= 0.3 is 0 Å². The maximum Gasteiger partial charge on any atom is 0.223 e. The maximum atomic E-state index is 12.4. The molecule has 2 bridgehead atoms. The molecular weight excluding hydrogens is 321 g/mol. The van der Waals surface area contributed by atoms with Crippen molar-refractivity contribution >= 4 is 29.1 Å². The minimum absolute atomic E-state index is 0.290. The number of carbonyl (C=O) groups excluding carboxylic acids is 1. The molecule has 2 atom stereocenters. The van der Waals surface area contributed by atoms with Gasteiger partial charge in [-0.25, -0.2) is 0 Å². The summed E-state index contributed by atoms with van der Waals surface area (Å²) in [6.07, 6.45) is 7.28. The van der Waals surface area contributed by atoms with Gasteiger partial charge in [0.05, 0.1) is 11.6 Å². The summed E-state index contributed by atoms with van der Waals surface area (Å²) in [6, 6.07) is 6.17. The Morgan fingerprint density at radius 1 is 1.18 bits per heavy atom. The Morgan fingerprint density at radius 2 is 1.91 bits per heavy atom. The minimum Gasteiger partial charge on any atom is -0.492 e. The van der Waals surface area contributed by atoms with Gasteiger partial charge in [0.1, 0.15) is 5.75 Å². The van der Waals surface area contributed by atoms with E-state index < -0.39 is 0 Å². The van der Waals surface area contributed by atoms with Crippen LogP contribution >= 0.6 is 23.2 Å². The van der Waals surface area contributed by atoms with Crippen LogP contribution in [0.3, 0.4) is 0 Å². The van der Waals surface area contributed by atoms with Gasteiger partial charge < -0.3 is 9.64 Å². The van der Waals surface area contributed by atoms with Crippen LogP contribution < -0.4 is 4.74 Å². The zero-order valence-corrected chi connectivity index (χ0v) is 14.1. The number of ether oxygens (including phenoxy) is 1. The molecule has 2 aliphatic heterocycles. The van der Waals surface area contributed by atoms with Crippen LogP contribution in [0.15, 0.2) is 18.2 Å². The number of amides is 1. The first-order valence-corrected chi connectivity index (χ1v) is 8.80. The molecule has 1 aromatic rings. The van der Waals surface area contributed by atoms with Crippen molar-refractivity contribution in [2.75, 3.05) is 6.61 Å². The topological polar surface area (TPSA) is 29.5 Å². The summed E-state index contributed by atoms with van der Waals surface area (Å²) in [5.41, 5.74) is 0. The summed E-state index contributed by atoms with van der Waals surface area (Å²) >= 11 is 11.9. The first kappa shape index (κ1) is 15.9. The lowest BCUT2D eigenvalue weighted by Gasteiger charge is -2.35. The molecule has 3 rings (SSSR count). The second-order valence-electron chi connectivity index (χ2n) is 6.14. The zero-order valence-electron chi connectivity index (χ0n) is 12.6. The van der Waals surface area contributed by atoms with Crippen molar-refractivity contribution in [3.8, 4) is 5.75 Å². The van der Waals surface area contributed by atoms with Crippen molar-refractivity contribution in [1.29, 1.82) is 0 Å². The standard InChI is InChI=1S/C17H21Cl2NO2/c18-12-6-9-16(15(19)11-12)22-10-2-5-17(21)20-13-3-1-4-14(20)8-7-13/h6,9,11,13-14H,1-5,7-8,10H2. The molecule has 0 aliphatic carbocycles. The molecule has 0 spiro atoms. The van der Waals surface area contributed by atoms with Crippen molar-refractivity contribution < 1.29 is 9.53 Å². The highest BCUT2D eigenvalue weighted by Gasteiger charge is 2.38. The highest BCUT2D eigenvalue weighted by atomic mass is 35.5. The smallest absolute Gasteiger partial charge is 0.223 e. The van der Waals surface area contributed by atoms with Crippen LogP contribution in [0.2, 0.25) is 10.0 Å². The molecule has 1 aromatic carbocycles. The third-order valence-electron chi connectivity index (χ3n) is 4.67. The monoisotopic (exact) mass is 341 g/mol. The van der Waals surface area contributed by atoms with E-state index in [4.69, 9.17) is 27.9 Å². The Morgan fingerprint density at radius 3 is 2.59 bits per heavy atom. The number of hydrogen-bond acceptors (Lipinski definition) is 2. The van der Waals surface area contributed by atoms with E-state index >= 15 is 0 Å². The van der Waals surface area contributed by atoms with Crippen molar-refractivity contribution in [2.24, 2.45) is 0 Å². The fourth-order valence-corrected chi connectivity index (χ4v) is 4.11. The maximum absolute atomic E-state index is 12.4. The van der Waals surface area contributed by atoms with Crippen LogP contribution in [-0.4, -0.2) is 29.5 Å². The van der Waals surface area contributed by atoms with Gasteiger partial charge in [-0.15, -0.1) is 0 Å². The SMILES string of the molecule is O=C(CCCOc1ccc(Cl)cc1Cl)N1C2CCCC1CC2. The van der Waals surface area contributed by atoms with E-state index in [-0.39, 0.29) is 5.91 Å². The molecular formula is C17H21Cl2NO2. The van der Waals surface area contributed by atoms with Gasteiger partial charge in [-0.2, -0.15) is 0 Å². The molecule has 2 unspecified atom stereocenters. The molecule has 2 saturated heterocycles. The lowest BCUT2D eigenvalue weighted by molar-refractivity contribution is -0.135. The number of halogens is 2. The Labute approximate surface area is 141 Å². The number of rotatable bonds is 5. The van der Waals surface area contributed by atoms with Gasteiger partial charge in [-0.3, -0.25) is 4.79 Å². The van der Waals surface area contributed by atoms with E-state index in [0.717, 1.165) is 0 Å². The summed E-state index contributed by atoms with van der Waals surface area (Å²) in [4.78, 5) is 14.6. The first-order chi connectivity index (χ1) is 10.6. The van der Waals surface area contributed by atoms with Crippen LogP contribution in [-0.2, 0) is 4.79 Å². The third-order valence-corrected chi connectivity index (χ3v) is 5.20. The predicted octanol–water partition coefficient (Wildman–Crippen LogP) is 4.70. The lowest BCUT2D eigenvalue weighted by atomic mass is 10.0. The number of piperidine rings is 1. The van der Waals surface area contributed by atoms with Gasteiger partial charge in [0.15, 0.2) is 0 Å². The summed E-state index contributed by atoms with van der Waals surface area (Å²) in [5.74, 6) is 0.912. The Hall–Kier alpha value is -0.930. The normalized spacial score (nSPS) is 23.6. The molecule has 5 heteroatoms. The Kier molecular flexibility index (Phi) is 5.14. The molecule has 0 aromatic heterocycles. The molecule has 22 heavy (non-hydrogen) atoms. The van der Waals surface area contributed by atoms with Gasteiger partial charge in [-0.05, 0) is 56.7 Å². The minimum atomic E-state index is 0.290. The second-order valence-corrected chi connectivity index (χ2v) is 6.99. The van der Waals surface area contributed by atoms with Crippen molar-refractivity contribution in [1.82, 2.24) is 4.90 Å². The molecule has 0 saturated carbocycles. The van der Waals surface area contributed by atoms with E-state index in [2.05, 4.69) is 4.90 Å². The first-order valence-electron chi connectivity index (χ1n) is 8.04. The fraction of sp³-hybridized carbons (Fsp3) is 0.588. The number of benzene rings is 1. The number of fused-ring (bicyclic) bond motifs is 2. The van der Waals surface area contributed by atoms with Crippen LogP contribution in [0.4, 0.5) is 0 Å². The number of nitrogens with zero attached hydrogens (tertiary/aromatic N) is 1. The quantitative estimate of drug-likeness (QED) is 0.726. The number of hydrogen-bond donors (Lipinski definition) is 0.